The van der Waals surface area contributed by atoms with Crippen LogP contribution in [0.2, 0.25) is 0 Å². The predicted octanol–water partition coefficient (Wildman–Crippen LogP) is 2.35. The first-order valence-corrected chi connectivity index (χ1v) is 7.40. The SMILES string of the molecule is CC/C=C1/NC(=S)N[C@H](c2ccsc2)[C@@H]1C(=O)OC. The normalized spacial score (nSPS) is 24.7. The molecule has 1 aliphatic heterocycles. The van der Waals surface area contributed by atoms with Crippen molar-refractivity contribution in [1.82, 2.24) is 10.6 Å². The second-order valence-corrected chi connectivity index (χ2v) is 5.39. The summed E-state index contributed by atoms with van der Waals surface area (Å²) in [5, 5.41) is 10.8. The van der Waals surface area contributed by atoms with Crippen LogP contribution in [-0.4, -0.2) is 18.2 Å². The van der Waals surface area contributed by atoms with Crippen molar-refractivity contribution in [3.63, 3.8) is 0 Å². The van der Waals surface area contributed by atoms with Crippen LogP contribution in [-0.2, 0) is 9.53 Å². The van der Waals surface area contributed by atoms with Gasteiger partial charge in [0.25, 0.3) is 0 Å². The highest BCUT2D eigenvalue weighted by Gasteiger charge is 2.38. The summed E-state index contributed by atoms with van der Waals surface area (Å²) in [5.41, 5.74) is 1.86. The maximum Gasteiger partial charge on any atom is 0.317 e. The molecule has 0 unspecified atom stereocenters. The second-order valence-electron chi connectivity index (χ2n) is 4.20. The Morgan fingerprint density at radius 3 is 3.00 bits per heavy atom. The minimum atomic E-state index is -0.397. The van der Waals surface area contributed by atoms with Gasteiger partial charge in [-0.3, -0.25) is 4.79 Å². The number of carbonyl (C=O) groups excluding carboxylic acids is 1. The first-order valence-electron chi connectivity index (χ1n) is 6.04. The smallest absolute Gasteiger partial charge is 0.317 e. The molecular weight excluding hydrogens is 280 g/mol. The van der Waals surface area contributed by atoms with E-state index in [2.05, 4.69) is 10.6 Å². The third-order valence-corrected chi connectivity index (χ3v) is 3.92. The molecule has 1 aromatic rings. The summed E-state index contributed by atoms with van der Waals surface area (Å²) in [6.45, 7) is 2.02. The van der Waals surface area contributed by atoms with E-state index >= 15 is 0 Å². The van der Waals surface area contributed by atoms with E-state index in [1.807, 2.05) is 29.8 Å². The molecule has 0 saturated carbocycles. The van der Waals surface area contributed by atoms with Crippen LogP contribution < -0.4 is 10.6 Å². The summed E-state index contributed by atoms with van der Waals surface area (Å²) in [4.78, 5) is 12.1. The van der Waals surface area contributed by atoms with Gasteiger partial charge in [0.15, 0.2) is 5.11 Å². The molecule has 0 amide bonds. The Morgan fingerprint density at radius 2 is 2.42 bits per heavy atom. The molecule has 0 bridgehead atoms. The highest BCUT2D eigenvalue weighted by atomic mass is 32.1. The number of rotatable bonds is 3. The van der Waals surface area contributed by atoms with Gasteiger partial charge in [0.1, 0.15) is 5.92 Å². The Labute approximate surface area is 121 Å². The summed E-state index contributed by atoms with van der Waals surface area (Å²) in [6, 6.07) is 1.82. The van der Waals surface area contributed by atoms with E-state index in [1.54, 1.807) is 11.3 Å². The molecule has 102 valence electrons. The fourth-order valence-electron chi connectivity index (χ4n) is 2.16. The van der Waals surface area contributed by atoms with Gasteiger partial charge >= 0.3 is 5.97 Å². The quantitative estimate of drug-likeness (QED) is 0.662. The average molecular weight is 296 g/mol. The molecule has 0 radical (unpaired) electrons. The number of methoxy groups -OCH3 is 1. The topological polar surface area (TPSA) is 50.4 Å². The molecule has 1 aromatic heterocycles. The molecule has 2 rings (SSSR count). The fraction of sp³-hybridized carbons (Fsp3) is 0.385. The Hall–Kier alpha value is -1.40. The van der Waals surface area contributed by atoms with E-state index in [9.17, 15) is 4.79 Å². The van der Waals surface area contributed by atoms with Crippen molar-refractivity contribution in [3.05, 3.63) is 34.2 Å². The molecule has 2 heterocycles. The van der Waals surface area contributed by atoms with Crippen LogP contribution in [0.3, 0.4) is 0 Å². The van der Waals surface area contributed by atoms with Gasteiger partial charge < -0.3 is 15.4 Å². The van der Waals surface area contributed by atoms with Crippen molar-refractivity contribution in [3.8, 4) is 0 Å². The van der Waals surface area contributed by atoms with Gasteiger partial charge in [-0.05, 0) is 41.0 Å². The Bertz CT molecular complexity index is 497. The second kappa shape index (κ2) is 6.16. The number of thiocarbonyl (C=S) groups is 1. The molecule has 0 spiro atoms. The number of allylic oxidation sites excluding steroid dienone is 1. The van der Waals surface area contributed by atoms with E-state index < -0.39 is 5.92 Å². The fourth-order valence-corrected chi connectivity index (χ4v) is 3.11. The average Bonchev–Trinajstić information content (AvgIpc) is 2.91. The molecular formula is C13H16N2O2S2. The molecule has 6 heteroatoms. The summed E-state index contributed by atoms with van der Waals surface area (Å²) < 4.78 is 4.93. The van der Waals surface area contributed by atoms with E-state index in [0.717, 1.165) is 17.7 Å². The maximum atomic E-state index is 12.1. The summed E-state index contributed by atoms with van der Waals surface area (Å²) in [5.74, 6) is -0.662. The Balaban J connectivity index is 2.39. The van der Waals surface area contributed by atoms with Crippen LogP contribution in [0.15, 0.2) is 28.6 Å². The van der Waals surface area contributed by atoms with Crippen LogP contribution in [0.4, 0.5) is 0 Å². The van der Waals surface area contributed by atoms with E-state index in [-0.39, 0.29) is 12.0 Å². The highest BCUT2D eigenvalue weighted by molar-refractivity contribution is 7.80. The van der Waals surface area contributed by atoms with Gasteiger partial charge in [0.05, 0.1) is 13.2 Å². The predicted molar refractivity (Wildman–Crippen MR) is 79.8 cm³/mol. The Kier molecular flexibility index (Phi) is 4.55. The first-order chi connectivity index (χ1) is 9.17. The van der Waals surface area contributed by atoms with E-state index in [1.165, 1.54) is 7.11 Å². The van der Waals surface area contributed by atoms with Crippen molar-refractivity contribution >= 4 is 34.6 Å². The molecule has 0 aromatic carbocycles. The van der Waals surface area contributed by atoms with Crippen LogP contribution >= 0.6 is 23.6 Å². The largest absolute Gasteiger partial charge is 0.468 e. The van der Waals surface area contributed by atoms with Gasteiger partial charge in [0.2, 0.25) is 0 Å². The first kappa shape index (κ1) is 14.0. The van der Waals surface area contributed by atoms with Gasteiger partial charge in [-0.15, -0.1) is 0 Å². The number of ether oxygens (including phenoxy) is 1. The maximum absolute atomic E-state index is 12.1. The summed E-state index contributed by atoms with van der Waals surface area (Å²) >= 11 is 6.81. The molecule has 4 nitrogen and oxygen atoms in total. The van der Waals surface area contributed by atoms with Crippen molar-refractivity contribution in [2.45, 2.75) is 19.4 Å². The number of hydrogen-bond donors (Lipinski definition) is 2. The minimum Gasteiger partial charge on any atom is -0.468 e. The number of hydrogen-bond acceptors (Lipinski definition) is 4. The lowest BCUT2D eigenvalue weighted by atomic mass is 9.89. The molecule has 1 aliphatic rings. The standard InChI is InChI=1S/C13H16N2O2S2/c1-3-4-9-10(12(16)17-2)11(15-13(18)14-9)8-5-6-19-7-8/h4-7,10-11H,3H2,1-2H3,(H2,14,15,18)/b9-4+/t10-,11-/m1/s1. The van der Waals surface area contributed by atoms with Crippen molar-refractivity contribution in [2.75, 3.05) is 7.11 Å². The third kappa shape index (κ3) is 2.96. The van der Waals surface area contributed by atoms with E-state index in [0.29, 0.717) is 5.11 Å². The minimum absolute atomic E-state index is 0.176. The number of esters is 1. The molecule has 2 atom stereocenters. The lowest BCUT2D eigenvalue weighted by molar-refractivity contribution is -0.145. The molecule has 19 heavy (non-hydrogen) atoms. The van der Waals surface area contributed by atoms with Crippen LogP contribution in [0.25, 0.3) is 0 Å². The zero-order valence-electron chi connectivity index (χ0n) is 10.8. The van der Waals surface area contributed by atoms with Gasteiger partial charge in [-0.1, -0.05) is 13.0 Å². The lowest BCUT2D eigenvalue weighted by Crippen LogP contribution is -2.51. The van der Waals surface area contributed by atoms with Crippen molar-refractivity contribution < 1.29 is 9.53 Å². The third-order valence-electron chi connectivity index (χ3n) is 2.99. The van der Waals surface area contributed by atoms with Crippen LogP contribution in [0, 0.1) is 5.92 Å². The zero-order chi connectivity index (χ0) is 13.8. The summed E-state index contributed by atoms with van der Waals surface area (Å²) in [6.07, 6.45) is 2.81. The zero-order valence-corrected chi connectivity index (χ0v) is 12.4. The van der Waals surface area contributed by atoms with E-state index in [4.69, 9.17) is 17.0 Å². The van der Waals surface area contributed by atoms with Crippen molar-refractivity contribution in [2.24, 2.45) is 5.92 Å². The molecule has 1 fully saturated rings. The van der Waals surface area contributed by atoms with Crippen LogP contribution in [0.5, 0.6) is 0 Å². The molecule has 2 N–H and O–H groups in total. The number of nitrogens with one attached hydrogen (secondary N) is 2. The van der Waals surface area contributed by atoms with Gasteiger partial charge in [-0.25, -0.2) is 0 Å². The lowest BCUT2D eigenvalue weighted by Gasteiger charge is -2.34. The monoisotopic (exact) mass is 296 g/mol. The van der Waals surface area contributed by atoms with Crippen molar-refractivity contribution in [1.29, 1.82) is 0 Å². The highest BCUT2D eigenvalue weighted by Crippen LogP contribution is 2.32. The Morgan fingerprint density at radius 1 is 1.63 bits per heavy atom. The van der Waals surface area contributed by atoms with Crippen LogP contribution in [0.1, 0.15) is 24.9 Å². The number of thiophene rings is 1. The van der Waals surface area contributed by atoms with Gasteiger partial charge in [0, 0.05) is 5.70 Å². The van der Waals surface area contributed by atoms with Gasteiger partial charge in [-0.2, -0.15) is 11.3 Å². The summed E-state index contributed by atoms with van der Waals surface area (Å²) in [7, 11) is 1.41. The molecule has 1 saturated heterocycles. The molecule has 0 aliphatic carbocycles. The number of carbonyl (C=O) groups is 1.